The minimum Gasteiger partial charge on any atom is -0.350 e. The molecule has 0 saturated heterocycles. The Labute approximate surface area is 143 Å². The number of hydrogen-bond acceptors (Lipinski definition) is 2. The molecular formula is C19H25FN2O2. The lowest BCUT2D eigenvalue weighted by atomic mass is 10.0. The van der Waals surface area contributed by atoms with E-state index in [-0.39, 0.29) is 30.2 Å². The molecule has 0 aliphatic rings. The maximum absolute atomic E-state index is 13.2. The van der Waals surface area contributed by atoms with E-state index in [9.17, 15) is 14.0 Å². The van der Waals surface area contributed by atoms with Gasteiger partial charge in [0.05, 0.1) is 6.04 Å². The fourth-order valence-electron chi connectivity index (χ4n) is 2.18. The number of benzene rings is 1. The number of halogens is 1. The van der Waals surface area contributed by atoms with Crippen LogP contribution in [0.5, 0.6) is 0 Å². The Morgan fingerprint density at radius 3 is 2.12 bits per heavy atom. The molecule has 1 N–H and O–H groups in total. The number of nitrogens with zero attached hydrogens (tertiary/aromatic N) is 1. The zero-order valence-electron chi connectivity index (χ0n) is 14.9. The molecule has 2 amide bonds. The summed E-state index contributed by atoms with van der Waals surface area (Å²) in [6, 6.07) is 5.56. The first-order chi connectivity index (χ1) is 11.2. The van der Waals surface area contributed by atoms with Gasteiger partial charge in [-0.2, -0.15) is 0 Å². The zero-order valence-corrected chi connectivity index (χ0v) is 14.9. The highest BCUT2D eigenvalue weighted by atomic mass is 19.1. The summed E-state index contributed by atoms with van der Waals surface area (Å²) in [5.74, 6) is -0.727. The molecule has 1 rings (SSSR count). The van der Waals surface area contributed by atoms with Crippen LogP contribution in [0.2, 0.25) is 0 Å². The van der Waals surface area contributed by atoms with E-state index in [0.29, 0.717) is 0 Å². The van der Waals surface area contributed by atoms with Crippen LogP contribution >= 0.6 is 0 Å². The Hall–Kier alpha value is -2.43. The first-order valence-electron chi connectivity index (χ1n) is 7.80. The van der Waals surface area contributed by atoms with E-state index in [0.717, 1.165) is 16.7 Å². The third kappa shape index (κ3) is 6.36. The molecule has 130 valence electrons. The summed E-state index contributed by atoms with van der Waals surface area (Å²) in [4.78, 5) is 25.7. The van der Waals surface area contributed by atoms with Gasteiger partial charge < -0.3 is 10.2 Å². The molecule has 0 fully saturated rings. The molecule has 0 bridgehead atoms. The summed E-state index contributed by atoms with van der Waals surface area (Å²) in [5.41, 5.74) is 2.53. The minimum atomic E-state index is -0.386. The molecule has 24 heavy (non-hydrogen) atoms. The lowest BCUT2D eigenvalue weighted by Gasteiger charge is -2.28. The van der Waals surface area contributed by atoms with Crippen molar-refractivity contribution >= 4 is 11.8 Å². The van der Waals surface area contributed by atoms with Crippen molar-refractivity contribution in [3.63, 3.8) is 0 Å². The van der Waals surface area contributed by atoms with Gasteiger partial charge in [0.15, 0.2) is 0 Å². The van der Waals surface area contributed by atoms with E-state index >= 15 is 0 Å². The highest BCUT2D eigenvalue weighted by Gasteiger charge is 2.21. The Balaban J connectivity index is 3.01. The van der Waals surface area contributed by atoms with Crippen molar-refractivity contribution in [3.05, 3.63) is 58.9 Å². The topological polar surface area (TPSA) is 49.4 Å². The third-order valence-corrected chi connectivity index (χ3v) is 3.37. The Kier molecular flexibility index (Phi) is 7.36. The number of carbonyl (C=O) groups excluding carboxylic acids is 2. The lowest BCUT2D eigenvalue weighted by molar-refractivity contribution is -0.127. The Morgan fingerprint density at radius 1 is 1.08 bits per heavy atom. The highest BCUT2D eigenvalue weighted by molar-refractivity contribution is 5.89. The molecule has 0 radical (unpaired) electrons. The van der Waals surface area contributed by atoms with Crippen molar-refractivity contribution in [2.75, 3.05) is 13.6 Å². The van der Waals surface area contributed by atoms with E-state index in [2.05, 4.69) is 5.32 Å². The highest BCUT2D eigenvalue weighted by Crippen LogP contribution is 2.20. The average Bonchev–Trinajstić information content (AvgIpc) is 2.47. The van der Waals surface area contributed by atoms with Gasteiger partial charge in [-0.3, -0.25) is 9.59 Å². The minimum absolute atomic E-state index is 0.166. The smallest absolute Gasteiger partial charge is 0.246 e. The fraction of sp³-hybridized carbons (Fsp3) is 0.368. The van der Waals surface area contributed by atoms with Crippen LogP contribution in [0.1, 0.15) is 39.3 Å². The van der Waals surface area contributed by atoms with Crippen molar-refractivity contribution in [1.29, 1.82) is 0 Å². The van der Waals surface area contributed by atoms with Gasteiger partial charge in [0.25, 0.3) is 0 Å². The quantitative estimate of drug-likeness (QED) is 0.812. The molecule has 1 aromatic carbocycles. The van der Waals surface area contributed by atoms with Crippen LogP contribution in [0, 0.1) is 5.82 Å². The third-order valence-electron chi connectivity index (χ3n) is 3.37. The second-order valence-electron chi connectivity index (χ2n) is 6.21. The summed E-state index contributed by atoms with van der Waals surface area (Å²) >= 11 is 0. The van der Waals surface area contributed by atoms with Gasteiger partial charge in [-0.15, -0.1) is 0 Å². The average molecular weight is 332 g/mol. The molecule has 1 atom stereocenters. The standard InChI is InChI=1S/C19H25FN2O2/c1-13(2)10-18(23)21-12-17(15-6-8-16(20)9-7-15)22(5)19(24)11-14(3)4/h6-11,17H,12H2,1-5H3,(H,21,23). The van der Waals surface area contributed by atoms with Crippen LogP contribution in [0.3, 0.4) is 0 Å². The van der Waals surface area contributed by atoms with Crippen LogP contribution < -0.4 is 5.32 Å². The summed E-state index contributed by atoms with van der Waals surface area (Å²) in [7, 11) is 1.67. The first kappa shape index (κ1) is 19.6. The summed E-state index contributed by atoms with van der Waals surface area (Å²) < 4.78 is 13.2. The fourth-order valence-corrected chi connectivity index (χ4v) is 2.18. The summed E-state index contributed by atoms with van der Waals surface area (Å²) in [6.07, 6.45) is 3.04. The van der Waals surface area contributed by atoms with Crippen LogP contribution in [0.4, 0.5) is 4.39 Å². The number of hydrogen-bond donors (Lipinski definition) is 1. The molecule has 0 aliphatic heterocycles. The van der Waals surface area contributed by atoms with E-state index in [1.165, 1.54) is 24.3 Å². The van der Waals surface area contributed by atoms with Gasteiger partial charge in [0.1, 0.15) is 5.82 Å². The van der Waals surface area contributed by atoms with Crippen LogP contribution in [0.15, 0.2) is 47.6 Å². The number of likely N-dealkylation sites (N-methyl/N-ethyl adjacent to an activating group) is 1. The number of allylic oxidation sites excluding steroid dienone is 2. The van der Waals surface area contributed by atoms with Crippen LogP contribution in [0.25, 0.3) is 0 Å². The van der Waals surface area contributed by atoms with Crippen LogP contribution in [-0.2, 0) is 9.59 Å². The summed E-state index contributed by atoms with van der Waals surface area (Å²) in [6.45, 7) is 7.60. The zero-order chi connectivity index (χ0) is 18.3. The van der Waals surface area contributed by atoms with Gasteiger partial charge in [0, 0.05) is 25.7 Å². The molecular weight excluding hydrogens is 307 g/mol. The summed E-state index contributed by atoms with van der Waals surface area (Å²) in [5, 5.41) is 2.79. The lowest BCUT2D eigenvalue weighted by Crippen LogP contribution is -2.38. The van der Waals surface area contributed by atoms with Gasteiger partial charge in [-0.25, -0.2) is 4.39 Å². The normalized spacial score (nSPS) is 11.2. The molecule has 1 aromatic rings. The second-order valence-corrected chi connectivity index (χ2v) is 6.21. The maximum atomic E-state index is 13.2. The van der Waals surface area contributed by atoms with Gasteiger partial charge in [-0.05, 0) is 45.4 Å². The Bertz CT molecular complexity index is 640. The van der Waals surface area contributed by atoms with Crippen molar-refractivity contribution in [1.82, 2.24) is 10.2 Å². The molecule has 5 heteroatoms. The predicted octanol–water partition coefficient (Wildman–Crippen LogP) is 3.37. The molecule has 0 aromatic heterocycles. The first-order valence-corrected chi connectivity index (χ1v) is 7.80. The van der Waals surface area contributed by atoms with Crippen molar-refractivity contribution in [2.24, 2.45) is 0 Å². The van der Waals surface area contributed by atoms with E-state index in [4.69, 9.17) is 0 Å². The van der Waals surface area contributed by atoms with Crippen LogP contribution in [-0.4, -0.2) is 30.3 Å². The Morgan fingerprint density at radius 2 is 1.62 bits per heavy atom. The molecule has 0 saturated carbocycles. The van der Waals surface area contributed by atoms with Crippen molar-refractivity contribution < 1.29 is 14.0 Å². The molecule has 4 nitrogen and oxygen atoms in total. The largest absolute Gasteiger partial charge is 0.350 e. The maximum Gasteiger partial charge on any atom is 0.246 e. The predicted molar refractivity (Wildman–Crippen MR) is 93.8 cm³/mol. The molecule has 0 heterocycles. The van der Waals surface area contributed by atoms with Gasteiger partial charge >= 0.3 is 0 Å². The second kappa shape index (κ2) is 9.01. The number of carbonyl (C=O) groups is 2. The molecule has 1 unspecified atom stereocenters. The van der Waals surface area contributed by atoms with Crippen molar-refractivity contribution in [2.45, 2.75) is 33.7 Å². The van der Waals surface area contributed by atoms with Gasteiger partial charge in [-0.1, -0.05) is 23.3 Å². The number of rotatable bonds is 6. The SMILES string of the molecule is CC(C)=CC(=O)NCC(c1ccc(F)cc1)N(C)C(=O)C=C(C)C. The monoisotopic (exact) mass is 332 g/mol. The number of nitrogens with one attached hydrogen (secondary N) is 1. The molecule has 0 spiro atoms. The number of amides is 2. The van der Waals surface area contributed by atoms with E-state index < -0.39 is 0 Å². The molecule has 0 aliphatic carbocycles. The van der Waals surface area contributed by atoms with Crippen molar-refractivity contribution in [3.8, 4) is 0 Å². The van der Waals surface area contributed by atoms with E-state index in [1.54, 1.807) is 24.1 Å². The van der Waals surface area contributed by atoms with E-state index in [1.807, 2.05) is 27.7 Å². The van der Waals surface area contributed by atoms with Gasteiger partial charge in [0.2, 0.25) is 11.8 Å².